The van der Waals surface area contributed by atoms with Gasteiger partial charge in [0.15, 0.2) is 0 Å². The molecule has 0 unspecified atom stereocenters. The van der Waals surface area contributed by atoms with Crippen LogP contribution >= 0.6 is 0 Å². The molecule has 0 saturated heterocycles. The Labute approximate surface area is 56.0 Å². The summed E-state index contributed by atoms with van der Waals surface area (Å²) in [7, 11) is 0. The highest BCUT2D eigenvalue weighted by molar-refractivity contribution is 5.25. The van der Waals surface area contributed by atoms with Gasteiger partial charge >= 0.3 is 0 Å². The van der Waals surface area contributed by atoms with Crippen molar-refractivity contribution in [3.63, 3.8) is 0 Å². The Balaban J connectivity index is 4.24. The zero-order valence-electron chi connectivity index (χ0n) is 5.94. The maximum absolute atomic E-state index is 8.44. The van der Waals surface area contributed by atoms with Crippen molar-refractivity contribution in [1.82, 2.24) is 0 Å². The summed E-state index contributed by atoms with van der Waals surface area (Å²) in [5, 5.41) is 8.44. The first-order chi connectivity index (χ1) is 4.26. The number of nitriles is 1. The molecule has 0 aliphatic carbocycles. The van der Waals surface area contributed by atoms with E-state index in [1.54, 1.807) is 0 Å². The smallest absolute Gasteiger partial charge is 0.0965 e. The number of rotatable bonds is 2. The molecule has 0 heterocycles. The lowest BCUT2D eigenvalue weighted by atomic mass is 10.1. The molecule has 0 aliphatic heterocycles. The lowest BCUT2D eigenvalue weighted by Crippen LogP contribution is -1.99. The average molecular weight is 124 g/mol. The van der Waals surface area contributed by atoms with Crippen molar-refractivity contribution in [2.24, 2.45) is 5.73 Å². The van der Waals surface area contributed by atoms with Crippen molar-refractivity contribution in [2.45, 2.75) is 26.7 Å². The highest BCUT2D eigenvalue weighted by Crippen LogP contribution is 2.04. The lowest BCUT2D eigenvalue weighted by molar-refractivity contribution is 0.997. The molecule has 0 atom stereocenters. The van der Waals surface area contributed by atoms with Gasteiger partial charge < -0.3 is 5.73 Å². The molecule has 0 radical (unpaired) electrons. The van der Waals surface area contributed by atoms with Crippen LogP contribution in [0, 0.1) is 11.3 Å². The second kappa shape index (κ2) is 3.96. The monoisotopic (exact) mass is 124 g/mol. The second-order valence-corrected chi connectivity index (χ2v) is 1.82. The summed E-state index contributed by atoms with van der Waals surface area (Å²) in [4.78, 5) is 0. The molecule has 0 aromatic carbocycles. The van der Waals surface area contributed by atoms with Crippen molar-refractivity contribution in [3.8, 4) is 6.07 Å². The summed E-state index contributed by atoms with van der Waals surface area (Å²) in [6.45, 7) is 3.88. The summed E-state index contributed by atoms with van der Waals surface area (Å²) in [5.74, 6) is 0. The van der Waals surface area contributed by atoms with Crippen LogP contribution < -0.4 is 5.73 Å². The fourth-order valence-corrected chi connectivity index (χ4v) is 0.591. The van der Waals surface area contributed by atoms with E-state index in [2.05, 4.69) is 6.07 Å². The first-order valence-electron chi connectivity index (χ1n) is 3.13. The normalized spacial score (nSPS) is 12.1. The van der Waals surface area contributed by atoms with E-state index in [0.29, 0.717) is 0 Å². The zero-order valence-corrected chi connectivity index (χ0v) is 5.94. The fourth-order valence-electron chi connectivity index (χ4n) is 0.591. The van der Waals surface area contributed by atoms with Gasteiger partial charge in [-0.25, -0.2) is 0 Å². The summed E-state index contributed by atoms with van der Waals surface area (Å²) in [5.41, 5.74) is 6.94. The molecular weight excluding hydrogens is 112 g/mol. The summed E-state index contributed by atoms with van der Waals surface area (Å²) >= 11 is 0. The predicted molar refractivity (Wildman–Crippen MR) is 37.4 cm³/mol. The largest absolute Gasteiger partial charge is 0.401 e. The van der Waals surface area contributed by atoms with Crippen molar-refractivity contribution in [2.75, 3.05) is 0 Å². The van der Waals surface area contributed by atoms with Crippen molar-refractivity contribution in [3.05, 3.63) is 11.3 Å². The van der Waals surface area contributed by atoms with Crippen LogP contribution in [0.4, 0.5) is 0 Å². The van der Waals surface area contributed by atoms with Gasteiger partial charge in [0.2, 0.25) is 0 Å². The highest BCUT2D eigenvalue weighted by Gasteiger charge is 1.95. The highest BCUT2D eigenvalue weighted by atomic mass is 14.6. The molecule has 2 heteroatoms. The molecule has 0 saturated carbocycles. The first-order valence-corrected chi connectivity index (χ1v) is 3.13. The Morgan fingerprint density at radius 2 is 2.00 bits per heavy atom. The van der Waals surface area contributed by atoms with E-state index in [1.807, 2.05) is 13.8 Å². The SMILES string of the molecule is CC/C(N)=C(\C#N)CC. The quantitative estimate of drug-likeness (QED) is 0.568. The van der Waals surface area contributed by atoms with Crippen molar-refractivity contribution in [1.29, 1.82) is 5.26 Å². The number of nitrogens with zero attached hydrogens (tertiary/aromatic N) is 1. The van der Waals surface area contributed by atoms with E-state index in [-0.39, 0.29) is 0 Å². The van der Waals surface area contributed by atoms with Gasteiger partial charge in [0.25, 0.3) is 0 Å². The van der Waals surface area contributed by atoms with Crippen LogP contribution in [-0.4, -0.2) is 0 Å². The summed E-state index contributed by atoms with van der Waals surface area (Å²) < 4.78 is 0. The Bertz CT molecular complexity index is 151. The minimum atomic E-state index is 0.720. The van der Waals surface area contributed by atoms with E-state index in [9.17, 15) is 0 Å². The average Bonchev–Trinajstić information content (AvgIpc) is 1.90. The topological polar surface area (TPSA) is 49.8 Å². The Kier molecular flexibility index (Phi) is 3.54. The molecular formula is C7H12N2. The third-order valence-electron chi connectivity index (χ3n) is 1.26. The number of hydrogen-bond donors (Lipinski definition) is 1. The van der Waals surface area contributed by atoms with Gasteiger partial charge in [0.05, 0.1) is 6.07 Å². The zero-order chi connectivity index (χ0) is 7.28. The Morgan fingerprint density at radius 3 is 2.11 bits per heavy atom. The van der Waals surface area contributed by atoms with Crippen LogP contribution in [0.5, 0.6) is 0 Å². The standard InChI is InChI=1S/C7H12N2/c1-3-6(5-8)7(9)4-2/h3-4,9H2,1-2H3/b7-6+. The van der Waals surface area contributed by atoms with Gasteiger partial charge in [0, 0.05) is 11.3 Å². The van der Waals surface area contributed by atoms with Crippen molar-refractivity contribution >= 4 is 0 Å². The second-order valence-electron chi connectivity index (χ2n) is 1.82. The molecule has 0 bridgehead atoms. The van der Waals surface area contributed by atoms with Gasteiger partial charge in [-0.2, -0.15) is 5.26 Å². The van der Waals surface area contributed by atoms with Crippen LogP contribution in [0.3, 0.4) is 0 Å². The van der Waals surface area contributed by atoms with Gasteiger partial charge in [0.1, 0.15) is 0 Å². The molecule has 2 nitrogen and oxygen atoms in total. The molecule has 0 spiro atoms. The molecule has 9 heavy (non-hydrogen) atoms. The minimum Gasteiger partial charge on any atom is -0.401 e. The van der Waals surface area contributed by atoms with Gasteiger partial charge in [-0.05, 0) is 12.8 Å². The fraction of sp³-hybridized carbons (Fsp3) is 0.571. The van der Waals surface area contributed by atoms with Gasteiger partial charge in [-0.15, -0.1) is 0 Å². The molecule has 2 N–H and O–H groups in total. The van der Waals surface area contributed by atoms with E-state index in [4.69, 9.17) is 11.0 Å². The number of allylic oxidation sites excluding steroid dienone is 2. The van der Waals surface area contributed by atoms with Gasteiger partial charge in [-0.3, -0.25) is 0 Å². The van der Waals surface area contributed by atoms with Crippen LogP contribution in [0.1, 0.15) is 26.7 Å². The third kappa shape index (κ3) is 2.18. The van der Waals surface area contributed by atoms with E-state index in [0.717, 1.165) is 24.1 Å². The Morgan fingerprint density at radius 1 is 1.44 bits per heavy atom. The molecule has 0 rings (SSSR count). The maximum atomic E-state index is 8.44. The van der Waals surface area contributed by atoms with Crippen LogP contribution in [-0.2, 0) is 0 Å². The molecule has 0 aromatic rings. The van der Waals surface area contributed by atoms with Crippen LogP contribution in [0.15, 0.2) is 11.3 Å². The molecule has 0 fully saturated rings. The predicted octanol–water partition coefficient (Wildman–Crippen LogP) is 1.54. The third-order valence-corrected chi connectivity index (χ3v) is 1.26. The molecule has 0 amide bonds. The van der Waals surface area contributed by atoms with E-state index < -0.39 is 0 Å². The lowest BCUT2D eigenvalue weighted by Gasteiger charge is -1.96. The van der Waals surface area contributed by atoms with Crippen LogP contribution in [0.2, 0.25) is 0 Å². The molecule has 0 aromatic heterocycles. The number of nitrogens with two attached hydrogens (primary N) is 1. The Hall–Kier alpha value is -0.970. The maximum Gasteiger partial charge on any atom is 0.0965 e. The van der Waals surface area contributed by atoms with E-state index >= 15 is 0 Å². The van der Waals surface area contributed by atoms with Gasteiger partial charge in [-0.1, -0.05) is 13.8 Å². The first kappa shape index (κ1) is 8.03. The van der Waals surface area contributed by atoms with Crippen LogP contribution in [0.25, 0.3) is 0 Å². The van der Waals surface area contributed by atoms with Crippen molar-refractivity contribution < 1.29 is 0 Å². The summed E-state index contributed by atoms with van der Waals surface area (Å²) in [6, 6.07) is 2.06. The molecule has 50 valence electrons. The van der Waals surface area contributed by atoms with E-state index in [1.165, 1.54) is 0 Å². The summed E-state index contributed by atoms with van der Waals surface area (Å²) in [6.07, 6.45) is 1.52. The molecule has 0 aliphatic rings. The minimum absolute atomic E-state index is 0.720. The number of hydrogen-bond acceptors (Lipinski definition) is 2.